The van der Waals surface area contributed by atoms with E-state index in [-0.39, 0.29) is 5.54 Å². The Labute approximate surface area is 104 Å². The topological polar surface area (TPSA) is 29.4 Å². The van der Waals surface area contributed by atoms with Crippen LogP contribution < -0.4 is 0 Å². The normalized spacial score (nSPS) is 16.6. The number of hydrogen-bond acceptors (Lipinski definition) is 4. The standard InChI is InChI=1S/C12H13NOS2/c1-15-10-4-3-9(7-11(10)16-2)12(5-6-12)13-8-14/h3-4,7H,5-6H2,1-2H3. The van der Waals surface area contributed by atoms with Crippen LogP contribution in [0.25, 0.3) is 0 Å². The highest BCUT2D eigenvalue weighted by Crippen LogP contribution is 2.50. The van der Waals surface area contributed by atoms with Gasteiger partial charge >= 0.3 is 0 Å². The zero-order valence-corrected chi connectivity index (χ0v) is 11.0. The third kappa shape index (κ3) is 2.05. The molecule has 2 nitrogen and oxygen atoms in total. The maximum atomic E-state index is 10.4. The van der Waals surface area contributed by atoms with Crippen LogP contribution in [0.2, 0.25) is 0 Å². The highest BCUT2D eigenvalue weighted by atomic mass is 32.2. The fraction of sp³-hybridized carbons (Fsp3) is 0.417. The summed E-state index contributed by atoms with van der Waals surface area (Å²) >= 11 is 3.48. The van der Waals surface area contributed by atoms with Gasteiger partial charge in [0, 0.05) is 9.79 Å². The smallest absolute Gasteiger partial charge is 0.211 e. The predicted molar refractivity (Wildman–Crippen MR) is 69.0 cm³/mol. The first-order valence-corrected chi connectivity index (χ1v) is 7.52. The van der Waals surface area contributed by atoms with Gasteiger partial charge < -0.3 is 0 Å². The van der Waals surface area contributed by atoms with Crippen LogP contribution in [-0.4, -0.2) is 18.6 Å². The second kappa shape index (κ2) is 4.66. The van der Waals surface area contributed by atoms with Crippen molar-refractivity contribution in [2.24, 2.45) is 4.99 Å². The molecule has 0 amide bonds. The van der Waals surface area contributed by atoms with Crippen molar-refractivity contribution in [1.29, 1.82) is 0 Å². The molecule has 0 radical (unpaired) electrons. The Bertz CT molecular complexity index is 448. The van der Waals surface area contributed by atoms with Gasteiger partial charge in [0.05, 0.1) is 5.54 Å². The molecule has 1 saturated carbocycles. The molecule has 1 aliphatic rings. The number of isocyanates is 1. The zero-order valence-electron chi connectivity index (χ0n) is 9.32. The molecule has 0 aromatic heterocycles. The van der Waals surface area contributed by atoms with Crippen LogP contribution in [0.1, 0.15) is 18.4 Å². The molecule has 0 atom stereocenters. The van der Waals surface area contributed by atoms with Gasteiger partial charge in [-0.3, -0.25) is 0 Å². The lowest BCUT2D eigenvalue weighted by Crippen LogP contribution is -2.02. The molecule has 0 unspecified atom stereocenters. The van der Waals surface area contributed by atoms with Crippen molar-refractivity contribution in [1.82, 2.24) is 0 Å². The molecule has 4 heteroatoms. The summed E-state index contributed by atoms with van der Waals surface area (Å²) in [7, 11) is 0. The van der Waals surface area contributed by atoms with Crippen LogP contribution >= 0.6 is 23.5 Å². The Balaban J connectivity index is 2.40. The second-order valence-electron chi connectivity index (χ2n) is 3.80. The third-order valence-corrected chi connectivity index (χ3v) is 4.61. The Morgan fingerprint density at radius 1 is 1.25 bits per heavy atom. The van der Waals surface area contributed by atoms with Gasteiger partial charge in [0.1, 0.15) is 0 Å². The molecule has 0 saturated heterocycles. The predicted octanol–water partition coefficient (Wildman–Crippen LogP) is 3.46. The maximum Gasteiger partial charge on any atom is 0.235 e. The van der Waals surface area contributed by atoms with Crippen molar-refractivity contribution in [3.05, 3.63) is 23.8 Å². The van der Waals surface area contributed by atoms with E-state index in [4.69, 9.17) is 0 Å². The van der Waals surface area contributed by atoms with E-state index in [0.717, 1.165) is 18.4 Å². The van der Waals surface area contributed by atoms with E-state index in [1.54, 1.807) is 29.6 Å². The summed E-state index contributed by atoms with van der Waals surface area (Å²) < 4.78 is 0. The summed E-state index contributed by atoms with van der Waals surface area (Å²) in [5.41, 5.74) is 0.904. The minimum atomic E-state index is -0.247. The Hall–Kier alpha value is -0.700. The monoisotopic (exact) mass is 251 g/mol. The molecule has 0 N–H and O–H groups in total. The molecule has 0 heterocycles. The Kier molecular flexibility index (Phi) is 3.43. The van der Waals surface area contributed by atoms with Crippen LogP contribution in [0.3, 0.4) is 0 Å². The molecule has 1 aromatic rings. The summed E-state index contributed by atoms with van der Waals surface area (Å²) in [6.45, 7) is 0. The van der Waals surface area contributed by atoms with Crippen LogP contribution in [0.5, 0.6) is 0 Å². The van der Waals surface area contributed by atoms with Crippen molar-refractivity contribution >= 4 is 29.6 Å². The van der Waals surface area contributed by atoms with E-state index in [2.05, 4.69) is 35.7 Å². The quantitative estimate of drug-likeness (QED) is 0.466. The highest BCUT2D eigenvalue weighted by Gasteiger charge is 2.44. The van der Waals surface area contributed by atoms with Gasteiger partial charge in [0.25, 0.3) is 0 Å². The maximum absolute atomic E-state index is 10.4. The number of thioether (sulfide) groups is 2. The summed E-state index contributed by atoms with van der Waals surface area (Å²) in [6, 6.07) is 6.36. The van der Waals surface area contributed by atoms with Crippen molar-refractivity contribution in [3.63, 3.8) is 0 Å². The zero-order chi connectivity index (χ0) is 11.6. The van der Waals surface area contributed by atoms with Gasteiger partial charge in [0.15, 0.2) is 0 Å². The number of hydrogen-bond donors (Lipinski definition) is 0. The summed E-state index contributed by atoms with van der Waals surface area (Å²) in [4.78, 5) is 16.9. The average Bonchev–Trinajstić information content (AvgIpc) is 3.09. The lowest BCUT2D eigenvalue weighted by atomic mass is 10.1. The molecule has 1 aromatic carbocycles. The summed E-state index contributed by atoms with van der Waals surface area (Å²) in [6.07, 6.45) is 7.78. The number of aliphatic imine (C=N–C) groups is 1. The first kappa shape index (κ1) is 11.8. The third-order valence-electron chi connectivity index (χ3n) is 2.90. The first-order valence-electron chi connectivity index (χ1n) is 5.07. The fourth-order valence-electron chi connectivity index (χ4n) is 1.80. The molecule has 0 spiro atoms. The number of nitrogens with zero attached hydrogens (tertiary/aromatic N) is 1. The summed E-state index contributed by atoms with van der Waals surface area (Å²) in [5.74, 6) is 0. The molecule has 2 rings (SSSR count). The lowest BCUT2D eigenvalue weighted by Gasteiger charge is -2.11. The Morgan fingerprint density at radius 2 is 1.94 bits per heavy atom. The van der Waals surface area contributed by atoms with E-state index < -0.39 is 0 Å². The van der Waals surface area contributed by atoms with Crippen molar-refractivity contribution in [2.75, 3.05) is 12.5 Å². The van der Waals surface area contributed by atoms with E-state index in [9.17, 15) is 4.79 Å². The molecule has 16 heavy (non-hydrogen) atoms. The minimum Gasteiger partial charge on any atom is -0.211 e. The van der Waals surface area contributed by atoms with E-state index in [1.807, 2.05) is 0 Å². The lowest BCUT2D eigenvalue weighted by molar-refractivity contribution is 0.556. The average molecular weight is 251 g/mol. The van der Waals surface area contributed by atoms with E-state index in [0.29, 0.717) is 0 Å². The molecular formula is C12H13NOS2. The number of carbonyl (C=O) groups excluding carboxylic acids is 1. The first-order chi connectivity index (χ1) is 7.75. The molecule has 0 bridgehead atoms. The minimum absolute atomic E-state index is 0.247. The van der Waals surface area contributed by atoms with E-state index >= 15 is 0 Å². The SMILES string of the molecule is CSc1ccc(C2(N=C=O)CC2)cc1SC. The summed E-state index contributed by atoms with van der Waals surface area (Å²) in [5, 5.41) is 0. The van der Waals surface area contributed by atoms with Crippen LogP contribution in [0, 0.1) is 0 Å². The van der Waals surface area contributed by atoms with Crippen LogP contribution in [0.4, 0.5) is 0 Å². The molecule has 0 aliphatic heterocycles. The van der Waals surface area contributed by atoms with Gasteiger partial charge in [-0.05, 0) is 43.0 Å². The van der Waals surface area contributed by atoms with Crippen molar-refractivity contribution < 1.29 is 4.79 Å². The second-order valence-corrected chi connectivity index (χ2v) is 5.50. The molecular weight excluding hydrogens is 238 g/mol. The highest BCUT2D eigenvalue weighted by molar-refractivity contribution is 8.01. The van der Waals surface area contributed by atoms with Gasteiger partial charge in [-0.25, -0.2) is 4.79 Å². The van der Waals surface area contributed by atoms with Gasteiger partial charge in [-0.2, -0.15) is 4.99 Å². The van der Waals surface area contributed by atoms with Crippen molar-refractivity contribution in [3.8, 4) is 0 Å². The molecule has 1 fully saturated rings. The number of benzene rings is 1. The molecule has 1 aliphatic carbocycles. The van der Waals surface area contributed by atoms with E-state index in [1.165, 1.54) is 9.79 Å². The van der Waals surface area contributed by atoms with Crippen molar-refractivity contribution in [2.45, 2.75) is 28.2 Å². The van der Waals surface area contributed by atoms with Gasteiger partial charge in [-0.1, -0.05) is 6.07 Å². The Morgan fingerprint density at radius 3 is 2.44 bits per heavy atom. The number of rotatable bonds is 4. The molecule has 84 valence electrons. The van der Waals surface area contributed by atoms with Crippen LogP contribution in [0.15, 0.2) is 33.0 Å². The van der Waals surface area contributed by atoms with Gasteiger partial charge in [0.2, 0.25) is 6.08 Å². The van der Waals surface area contributed by atoms with Gasteiger partial charge in [-0.15, -0.1) is 23.5 Å². The largest absolute Gasteiger partial charge is 0.235 e. The fourth-order valence-corrected chi connectivity index (χ4v) is 3.27. The van der Waals surface area contributed by atoms with Crippen LogP contribution in [-0.2, 0) is 10.3 Å².